The highest BCUT2D eigenvalue weighted by Crippen LogP contribution is 2.20. The van der Waals surface area contributed by atoms with Crippen LogP contribution < -0.4 is 5.32 Å². The summed E-state index contributed by atoms with van der Waals surface area (Å²) >= 11 is 7.29. The lowest BCUT2D eigenvalue weighted by Gasteiger charge is -2.14. The van der Waals surface area contributed by atoms with Crippen LogP contribution in [0.3, 0.4) is 0 Å². The second-order valence-electron chi connectivity index (χ2n) is 5.85. The minimum Gasteiger partial charge on any atom is -0.349 e. The highest BCUT2D eigenvalue weighted by Gasteiger charge is 2.14. The Balaban J connectivity index is 1.61. The van der Waals surface area contributed by atoms with Crippen LogP contribution in [0, 0.1) is 6.92 Å². The van der Waals surface area contributed by atoms with Crippen molar-refractivity contribution in [2.24, 2.45) is 0 Å². The van der Waals surface area contributed by atoms with E-state index in [2.05, 4.69) is 20.8 Å². The van der Waals surface area contributed by atoms with E-state index in [-0.39, 0.29) is 17.7 Å². The molecule has 3 aromatic rings. The maximum Gasteiger partial charge on any atom is 0.230 e. The van der Waals surface area contributed by atoms with Gasteiger partial charge in [0, 0.05) is 5.02 Å². The van der Waals surface area contributed by atoms with Crippen molar-refractivity contribution in [3.8, 4) is 5.69 Å². The zero-order chi connectivity index (χ0) is 18.5. The second-order valence-corrected chi connectivity index (χ2v) is 7.22. The Kier molecular flexibility index (Phi) is 5.90. The predicted molar refractivity (Wildman–Crippen MR) is 103 cm³/mol. The number of amides is 1. The highest BCUT2D eigenvalue weighted by molar-refractivity contribution is 7.99. The Morgan fingerprint density at radius 3 is 2.85 bits per heavy atom. The average molecular weight is 388 g/mol. The van der Waals surface area contributed by atoms with E-state index in [1.54, 1.807) is 10.7 Å². The van der Waals surface area contributed by atoms with Gasteiger partial charge in [0.15, 0.2) is 0 Å². The van der Waals surface area contributed by atoms with Gasteiger partial charge in [-0.25, -0.2) is 0 Å². The van der Waals surface area contributed by atoms with Gasteiger partial charge in [0.05, 0.1) is 17.5 Å². The molecule has 0 spiro atoms. The van der Waals surface area contributed by atoms with Crippen LogP contribution in [0.15, 0.2) is 53.7 Å². The van der Waals surface area contributed by atoms with Crippen molar-refractivity contribution in [3.63, 3.8) is 0 Å². The van der Waals surface area contributed by atoms with Gasteiger partial charge in [0.1, 0.15) is 0 Å². The molecule has 1 aromatic heterocycles. The van der Waals surface area contributed by atoms with Crippen LogP contribution in [0.1, 0.15) is 24.1 Å². The van der Waals surface area contributed by atoms with E-state index >= 15 is 0 Å². The Hall–Kier alpha value is -2.38. The molecule has 8 heteroatoms. The maximum atomic E-state index is 12.3. The lowest BCUT2D eigenvalue weighted by molar-refractivity contribution is -0.119. The number of aryl methyl sites for hydroxylation is 1. The summed E-state index contributed by atoms with van der Waals surface area (Å²) in [5.74, 6) is 0.123. The zero-order valence-corrected chi connectivity index (χ0v) is 16.0. The monoisotopic (exact) mass is 387 g/mol. The lowest BCUT2D eigenvalue weighted by atomic mass is 10.1. The summed E-state index contributed by atoms with van der Waals surface area (Å²) < 4.78 is 1.63. The van der Waals surface area contributed by atoms with Gasteiger partial charge in [-0.1, -0.05) is 47.6 Å². The molecular weight excluding hydrogens is 370 g/mol. The Morgan fingerprint density at radius 2 is 2.08 bits per heavy atom. The molecule has 0 bridgehead atoms. The van der Waals surface area contributed by atoms with E-state index in [0.717, 1.165) is 16.8 Å². The standard InChI is InChI=1S/C18H18ClN5OS/c1-12-5-3-8-16(9-12)24-18(21-22-23-24)26-11-17(25)20-13(2)14-6-4-7-15(19)10-14/h3-10,13H,11H2,1-2H3,(H,20,25). The summed E-state index contributed by atoms with van der Waals surface area (Å²) in [4.78, 5) is 12.3. The van der Waals surface area contributed by atoms with Crippen molar-refractivity contribution in [3.05, 3.63) is 64.7 Å². The second kappa shape index (κ2) is 8.33. The van der Waals surface area contributed by atoms with Crippen molar-refractivity contribution in [1.82, 2.24) is 25.5 Å². The minimum atomic E-state index is -0.130. The molecule has 6 nitrogen and oxygen atoms in total. The first kappa shape index (κ1) is 18.4. The SMILES string of the molecule is Cc1cccc(-n2nnnc2SCC(=O)NC(C)c2cccc(Cl)c2)c1. The third kappa shape index (κ3) is 4.62. The smallest absolute Gasteiger partial charge is 0.230 e. The summed E-state index contributed by atoms with van der Waals surface area (Å²) in [5, 5.41) is 15.9. The lowest BCUT2D eigenvalue weighted by Crippen LogP contribution is -2.28. The molecule has 0 aliphatic rings. The molecule has 0 aliphatic carbocycles. The third-order valence-corrected chi connectivity index (χ3v) is 4.90. The topological polar surface area (TPSA) is 72.7 Å². The summed E-state index contributed by atoms with van der Waals surface area (Å²) in [6.45, 7) is 3.93. The Labute approximate surface area is 160 Å². The zero-order valence-electron chi connectivity index (χ0n) is 14.4. The molecule has 26 heavy (non-hydrogen) atoms. The largest absolute Gasteiger partial charge is 0.349 e. The van der Waals surface area contributed by atoms with Crippen LogP contribution in [0.4, 0.5) is 0 Å². The van der Waals surface area contributed by atoms with Crippen LogP contribution in [0.25, 0.3) is 5.69 Å². The number of benzene rings is 2. The maximum absolute atomic E-state index is 12.3. The fraction of sp³-hybridized carbons (Fsp3) is 0.222. The summed E-state index contributed by atoms with van der Waals surface area (Å²) in [6.07, 6.45) is 0. The van der Waals surface area contributed by atoms with Gasteiger partial charge in [-0.3, -0.25) is 4.79 Å². The summed E-state index contributed by atoms with van der Waals surface area (Å²) in [5.41, 5.74) is 2.94. The van der Waals surface area contributed by atoms with Crippen LogP contribution in [0.2, 0.25) is 5.02 Å². The average Bonchev–Trinajstić information content (AvgIpc) is 3.08. The summed E-state index contributed by atoms with van der Waals surface area (Å²) in [7, 11) is 0. The predicted octanol–water partition coefficient (Wildman–Crippen LogP) is 3.59. The Morgan fingerprint density at radius 1 is 1.27 bits per heavy atom. The van der Waals surface area contributed by atoms with Crippen LogP contribution in [-0.4, -0.2) is 31.9 Å². The van der Waals surface area contributed by atoms with Crippen molar-refractivity contribution < 1.29 is 4.79 Å². The molecule has 1 unspecified atom stereocenters. The van der Waals surface area contributed by atoms with E-state index in [1.807, 2.05) is 56.3 Å². The molecule has 0 radical (unpaired) electrons. The van der Waals surface area contributed by atoms with E-state index < -0.39 is 0 Å². The third-order valence-electron chi connectivity index (χ3n) is 3.75. The number of carbonyl (C=O) groups excluding carboxylic acids is 1. The Bertz CT molecular complexity index is 914. The normalized spacial score (nSPS) is 12.0. The highest BCUT2D eigenvalue weighted by atomic mass is 35.5. The van der Waals surface area contributed by atoms with Crippen molar-refractivity contribution in [2.75, 3.05) is 5.75 Å². The van der Waals surface area contributed by atoms with E-state index in [4.69, 9.17) is 11.6 Å². The van der Waals surface area contributed by atoms with Crippen LogP contribution in [0.5, 0.6) is 0 Å². The number of hydrogen-bond acceptors (Lipinski definition) is 5. The van der Waals surface area contributed by atoms with E-state index in [9.17, 15) is 4.79 Å². The number of hydrogen-bond donors (Lipinski definition) is 1. The first-order valence-electron chi connectivity index (χ1n) is 8.06. The van der Waals surface area contributed by atoms with Gasteiger partial charge >= 0.3 is 0 Å². The fourth-order valence-electron chi connectivity index (χ4n) is 2.46. The van der Waals surface area contributed by atoms with E-state index in [1.165, 1.54) is 11.8 Å². The van der Waals surface area contributed by atoms with Gasteiger partial charge in [-0.2, -0.15) is 4.68 Å². The van der Waals surface area contributed by atoms with Gasteiger partial charge in [0.25, 0.3) is 0 Å². The molecule has 0 aliphatic heterocycles. The molecular formula is C18H18ClN5OS. The molecule has 0 fully saturated rings. The molecule has 1 N–H and O–H groups in total. The number of thioether (sulfide) groups is 1. The van der Waals surface area contributed by atoms with Crippen molar-refractivity contribution >= 4 is 29.3 Å². The van der Waals surface area contributed by atoms with Crippen molar-refractivity contribution in [1.29, 1.82) is 0 Å². The number of halogens is 1. The van der Waals surface area contributed by atoms with Gasteiger partial charge in [-0.05, 0) is 59.7 Å². The molecule has 1 amide bonds. The minimum absolute atomic E-state index is 0.0960. The van der Waals surface area contributed by atoms with Gasteiger partial charge in [-0.15, -0.1) is 5.10 Å². The summed E-state index contributed by atoms with van der Waals surface area (Å²) in [6, 6.07) is 15.2. The number of aromatic nitrogens is 4. The molecule has 134 valence electrons. The number of tetrazole rings is 1. The quantitative estimate of drug-likeness (QED) is 0.654. The van der Waals surface area contributed by atoms with E-state index in [0.29, 0.717) is 10.2 Å². The molecule has 1 atom stereocenters. The molecule has 0 saturated carbocycles. The molecule has 1 heterocycles. The van der Waals surface area contributed by atoms with Crippen molar-refractivity contribution in [2.45, 2.75) is 25.0 Å². The van der Waals surface area contributed by atoms with Gasteiger partial charge < -0.3 is 5.32 Å². The molecule has 2 aromatic carbocycles. The number of nitrogens with zero attached hydrogens (tertiary/aromatic N) is 4. The first-order valence-corrected chi connectivity index (χ1v) is 9.42. The number of rotatable bonds is 6. The van der Waals surface area contributed by atoms with Crippen LogP contribution in [-0.2, 0) is 4.79 Å². The fourth-order valence-corrected chi connectivity index (χ4v) is 3.36. The molecule has 0 saturated heterocycles. The van der Waals surface area contributed by atoms with Gasteiger partial charge in [0.2, 0.25) is 11.1 Å². The number of nitrogens with one attached hydrogen (secondary N) is 1. The van der Waals surface area contributed by atoms with Crippen LogP contribution >= 0.6 is 23.4 Å². The number of carbonyl (C=O) groups is 1. The first-order chi connectivity index (χ1) is 12.5. The molecule has 3 rings (SSSR count).